The molecular formula is C22H24N4S. The first-order valence-electron chi connectivity index (χ1n) is 9.30. The highest BCUT2D eigenvalue weighted by molar-refractivity contribution is 7.80. The summed E-state index contributed by atoms with van der Waals surface area (Å²) in [6, 6.07) is 19.3. The Morgan fingerprint density at radius 3 is 2.63 bits per heavy atom. The van der Waals surface area contributed by atoms with Gasteiger partial charge in [0.05, 0.1) is 17.8 Å². The average Bonchev–Trinajstić information content (AvgIpc) is 3.26. The van der Waals surface area contributed by atoms with Crippen molar-refractivity contribution in [2.45, 2.75) is 38.9 Å². The molecule has 0 amide bonds. The Morgan fingerprint density at radius 2 is 1.93 bits per heavy atom. The molecule has 0 radical (unpaired) electrons. The van der Waals surface area contributed by atoms with Gasteiger partial charge in [-0.15, -0.1) is 0 Å². The van der Waals surface area contributed by atoms with Gasteiger partial charge >= 0.3 is 0 Å². The number of aryl methyl sites for hydroxylation is 1. The normalized spacial score (nSPS) is 19.6. The summed E-state index contributed by atoms with van der Waals surface area (Å²) in [7, 11) is 0. The third kappa shape index (κ3) is 3.23. The number of nitrogens with one attached hydrogen (secondary N) is 1. The van der Waals surface area contributed by atoms with Crippen molar-refractivity contribution in [3.8, 4) is 5.69 Å². The van der Waals surface area contributed by atoms with Crippen LogP contribution >= 0.6 is 12.2 Å². The maximum atomic E-state index is 5.70. The largest absolute Gasteiger partial charge is 0.352 e. The van der Waals surface area contributed by atoms with Gasteiger partial charge in [0.15, 0.2) is 5.11 Å². The van der Waals surface area contributed by atoms with Crippen molar-refractivity contribution < 1.29 is 0 Å². The van der Waals surface area contributed by atoms with Crippen molar-refractivity contribution in [1.82, 2.24) is 19.8 Å². The van der Waals surface area contributed by atoms with Crippen molar-refractivity contribution in [3.63, 3.8) is 0 Å². The van der Waals surface area contributed by atoms with Crippen LogP contribution in [0.2, 0.25) is 0 Å². The molecule has 3 aromatic rings. The van der Waals surface area contributed by atoms with E-state index in [1.807, 2.05) is 18.3 Å². The second-order valence-corrected chi connectivity index (χ2v) is 7.66. The van der Waals surface area contributed by atoms with Crippen LogP contribution in [0.1, 0.15) is 42.9 Å². The molecule has 0 saturated carbocycles. The molecule has 0 aliphatic carbocycles. The van der Waals surface area contributed by atoms with Crippen molar-refractivity contribution in [2.75, 3.05) is 0 Å². The van der Waals surface area contributed by atoms with Gasteiger partial charge < -0.3 is 14.8 Å². The molecule has 5 heteroatoms. The van der Waals surface area contributed by atoms with Gasteiger partial charge in [0.25, 0.3) is 0 Å². The Bertz CT molecular complexity index is 948. The molecule has 4 nitrogen and oxygen atoms in total. The van der Waals surface area contributed by atoms with Gasteiger partial charge in [0.1, 0.15) is 0 Å². The highest BCUT2D eigenvalue weighted by atomic mass is 32.1. The summed E-state index contributed by atoms with van der Waals surface area (Å²) >= 11 is 5.70. The lowest BCUT2D eigenvalue weighted by Gasteiger charge is -2.31. The molecule has 0 unspecified atom stereocenters. The van der Waals surface area contributed by atoms with Crippen LogP contribution in [0, 0.1) is 6.92 Å². The predicted molar refractivity (Wildman–Crippen MR) is 113 cm³/mol. The topological polar surface area (TPSA) is 33.1 Å². The molecule has 2 atom stereocenters. The zero-order valence-corrected chi connectivity index (χ0v) is 16.6. The van der Waals surface area contributed by atoms with E-state index in [-0.39, 0.29) is 18.1 Å². The quantitative estimate of drug-likeness (QED) is 0.677. The number of rotatable bonds is 4. The molecule has 1 aromatic carbocycles. The summed E-state index contributed by atoms with van der Waals surface area (Å²) in [5, 5.41) is 4.29. The molecule has 1 saturated heterocycles. The zero-order valence-electron chi connectivity index (χ0n) is 15.8. The summed E-state index contributed by atoms with van der Waals surface area (Å²) in [5.41, 5.74) is 4.62. The first kappa shape index (κ1) is 17.7. The van der Waals surface area contributed by atoms with E-state index in [4.69, 9.17) is 12.2 Å². The Labute approximate surface area is 165 Å². The van der Waals surface area contributed by atoms with E-state index in [2.05, 4.69) is 89.2 Å². The highest BCUT2D eigenvalue weighted by Gasteiger charge is 2.42. The third-order valence-corrected chi connectivity index (χ3v) is 5.38. The Kier molecular flexibility index (Phi) is 4.70. The zero-order chi connectivity index (χ0) is 19.0. The summed E-state index contributed by atoms with van der Waals surface area (Å²) in [6.45, 7) is 6.49. The van der Waals surface area contributed by atoms with Gasteiger partial charge in [0.2, 0.25) is 0 Å². The molecule has 1 N–H and O–H groups in total. The van der Waals surface area contributed by atoms with Gasteiger partial charge in [-0.25, -0.2) is 0 Å². The molecule has 3 heterocycles. The molecular weight excluding hydrogens is 352 g/mol. The van der Waals surface area contributed by atoms with Crippen LogP contribution in [0.4, 0.5) is 0 Å². The number of benzene rings is 1. The summed E-state index contributed by atoms with van der Waals surface area (Å²) in [5.74, 6) is 0. The lowest BCUT2D eigenvalue weighted by Crippen LogP contribution is -2.36. The smallest absolute Gasteiger partial charge is 0.170 e. The van der Waals surface area contributed by atoms with E-state index in [1.165, 1.54) is 11.3 Å². The first-order valence-corrected chi connectivity index (χ1v) is 9.71. The van der Waals surface area contributed by atoms with Crippen LogP contribution in [0.25, 0.3) is 5.69 Å². The molecule has 0 bridgehead atoms. The number of pyridine rings is 1. The minimum atomic E-state index is 0.0135. The lowest BCUT2D eigenvalue weighted by molar-refractivity contribution is 0.262. The number of thiocarbonyl (C=S) groups is 1. The fourth-order valence-corrected chi connectivity index (χ4v) is 4.34. The molecule has 1 fully saturated rings. The van der Waals surface area contributed by atoms with Gasteiger partial charge in [-0.3, -0.25) is 4.98 Å². The Morgan fingerprint density at radius 1 is 1.07 bits per heavy atom. The molecule has 1 aliphatic rings. The maximum absolute atomic E-state index is 5.70. The van der Waals surface area contributed by atoms with E-state index in [0.29, 0.717) is 0 Å². The molecule has 2 aromatic heterocycles. The van der Waals surface area contributed by atoms with E-state index in [9.17, 15) is 0 Å². The van der Waals surface area contributed by atoms with Crippen LogP contribution < -0.4 is 5.32 Å². The predicted octanol–water partition coefficient (Wildman–Crippen LogP) is 4.56. The van der Waals surface area contributed by atoms with E-state index in [1.54, 1.807) is 0 Å². The summed E-state index contributed by atoms with van der Waals surface area (Å²) in [4.78, 5) is 6.90. The van der Waals surface area contributed by atoms with Crippen molar-refractivity contribution >= 4 is 17.3 Å². The Hall–Kier alpha value is -2.66. The van der Waals surface area contributed by atoms with Crippen molar-refractivity contribution in [1.29, 1.82) is 0 Å². The van der Waals surface area contributed by atoms with Gasteiger partial charge in [-0.05, 0) is 75.0 Å². The molecule has 1 aliphatic heterocycles. The van der Waals surface area contributed by atoms with Crippen LogP contribution in [0.5, 0.6) is 0 Å². The van der Waals surface area contributed by atoms with E-state index < -0.39 is 0 Å². The molecule has 0 spiro atoms. The van der Waals surface area contributed by atoms with Gasteiger partial charge in [-0.2, -0.15) is 0 Å². The highest BCUT2D eigenvalue weighted by Crippen LogP contribution is 2.40. The van der Waals surface area contributed by atoms with Crippen LogP contribution in [-0.2, 0) is 0 Å². The molecule has 4 rings (SSSR count). The second-order valence-electron chi connectivity index (χ2n) is 7.27. The summed E-state index contributed by atoms with van der Waals surface area (Å²) < 4.78 is 2.26. The van der Waals surface area contributed by atoms with Crippen LogP contribution in [-0.4, -0.2) is 25.6 Å². The molecule has 27 heavy (non-hydrogen) atoms. The average molecular weight is 377 g/mol. The van der Waals surface area contributed by atoms with Crippen LogP contribution in [0.3, 0.4) is 0 Å². The lowest BCUT2D eigenvalue weighted by atomic mass is 10.0. The first-order chi connectivity index (χ1) is 13.1. The number of aromatic nitrogens is 2. The second kappa shape index (κ2) is 7.16. The number of hydrogen-bond donors (Lipinski definition) is 1. The Balaban J connectivity index is 1.84. The SMILES string of the molecule is Cc1cccc(-n2cccc2[C@@H]2[C@H](c3ccccn3)NC(=S)N2C(C)C)c1. The van der Waals surface area contributed by atoms with Crippen LogP contribution in [0.15, 0.2) is 67.0 Å². The number of hydrogen-bond acceptors (Lipinski definition) is 2. The van der Waals surface area contributed by atoms with Gasteiger partial charge in [-0.1, -0.05) is 18.2 Å². The van der Waals surface area contributed by atoms with Crippen molar-refractivity contribution in [2.24, 2.45) is 0 Å². The standard InChI is InChI=1S/C22H24N4S/c1-15(2)26-21(20(24-22(26)27)18-10-4-5-12-23-18)19-11-7-13-25(19)17-9-6-8-16(3)14-17/h4-15,20-21H,1-3H3,(H,24,27)/t20-,21+/m0/s1. The van der Waals surface area contributed by atoms with E-state index in [0.717, 1.165) is 16.5 Å². The minimum absolute atomic E-state index is 0.0135. The minimum Gasteiger partial charge on any atom is -0.352 e. The third-order valence-electron chi connectivity index (χ3n) is 5.05. The van der Waals surface area contributed by atoms with Gasteiger partial charge in [0, 0.05) is 29.8 Å². The van der Waals surface area contributed by atoms with Crippen molar-refractivity contribution in [3.05, 3.63) is 83.9 Å². The molecule has 138 valence electrons. The maximum Gasteiger partial charge on any atom is 0.170 e. The van der Waals surface area contributed by atoms with E-state index >= 15 is 0 Å². The summed E-state index contributed by atoms with van der Waals surface area (Å²) in [6.07, 6.45) is 3.97. The fraction of sp³-hybridized carbons (Fsp3) is 0.273. The number of nitrogens with zero attached hydrogens (tertiary/aromatic N) is 3. The fourth-order valence-electron chi connectivity index (χ4n) is 3.89. The monoisotopic (exact) mass is 376 g/mol.